The first-order valence-electron chi connectivity index (χ1n) is 14.7. The molecular weight excluding hydrogens is 458 g/mol. The Morgan fingerprint density at radius 1 is 0.811 bits per heavy atom. The number of quaternary nitrogens is 1. The summed E-state index contributed by atoms with van der Waals surface area (Å²) in [6.07, 6.45) is 13.0. The maximum Gasteiger partial charge on any atom is 0.317 e. The van der Waals surface area contributed by atoms with E-state index < -0.39 is 6.29 Å². The Kier molecular flexibility index (Phi) is 14.4. The molecule has 37 heavy (non-hydrogen) atoms. The molecule has 0 amide bonds. The lowest BCUT2D eigenvalue weighted by Gasteiger charge is -2.33. The standard InChI is InChI=1S/C33H52NO3/c1-6-8-9-10-11-12-13-14-18-23-31-24-19-20-25-32(31)36-28(3)37-33(35)30(7-2)27-34(4,5)26-29-21-16-15-17-22-29/h15-17,19-22,24-25,28,30H,6-14,18,23,26-27H2,1-5H3/q+1. The second-order valence-electron chi connectivity index (χ2n) is 11.2. The van der Waals surface area contributed by atoms with Gasteiger partial charge in [0.2, 0.25) is 6.29 Å². The highest BCUT2D eigenvalue weighted by Crippen LogP contribution is 2.23. The van der Waals surface area contributed by atoms with Crippen molar-refractivity contribution < 1.29 is 18.8 Å². The molecule has 0 bridgehead atoms. The lowest BCUT2D eigenvalue weighted by molar-refractivity contribution is -0.906. The van der Waals surface area contributed by atoms with Gasteiger partial charge in [-0.1, -0.05) is 114 Å². The third-order valence-corrected chi connectivity index (χ3v) is 7.09. The van der Waals surface area contributed by atoms with Crippen LogP contribution in [0.3, 0.4) is 0 Å². The first-order chi connectivity index (χ1) is 17.8. The van der Waals surface area contributed by atoms with Gasteiger partial charge in [-0.15, -0.1) is 0 Å². The minimum absolute atomic E-state index is 0.165. The number of aryl methyl sites for hydroxylation is 1. The lowest BCUT2D eigenvalue weighted by Crippen LogP contribution is -2.45. The van der Waals surface area contributed by atoms with Crippen LogP contribution in [0.25, 0.3) is 0 Å². The van der Waals surface area contributed by atoms with Crippen LogP contribution < -0.4 is 4.74 Å². The van der Waals surface area contributed by atoms with Crippen molar-refractivity contribution in [1.82, 2.24) is 0 Å². The quantitative estimate of drug-likeness (QED) is 0.0824. The molecule has 0 aliphatic carbocycles. The van der Waals surface area contributed by atoms with Crippen LogP contribution in [0.2, 0.25) is 0 Å². The van der Waals surface area contributed by atoms with Crippen LogP contribution in [-0.4, -0.2) is 37.4 Å². The van der Waals surface area contributed by atoms with Crippen molar-refractivity contribution in [3.63, 3.8) is 0 Å². The number of hydrogen-bond acceptors (Lipinski definition) is 3. The fraction of sp³-hybridized carbons (Fsp3) is 0.606. The molecule has 0 saturated carbocycles. The van der Waals surface area contributed by atoms with Gasteiger partial charge in [-0.25, -0.2) is 0 Å². The highest BCUT2D eigenvalue weighted by molar-refractivity contribution is 5.72. The summed E-state index contributed by atoms with van der Waals surface area (Å²) in [4.78, 5) is 13.0. The number of esters is 1. The predicted octanol–water partition coefficient (Wildman–Crippen LogP) is 8.33. The van der Waals surface area contributed by atoms with E-state index in [1.54, 1.807) is 0 Å². The normalized spacial score (nSPS) is 13.2. The zero-order chi connectivity index (χ0) is 26.9. The number of carbonyl (C=O) groups is 1. The van der Waals surface area contributed by atoms with Gasteiger partial charge >= 0.3 is 5.97 Å². The van der Waals surface area contributed by atoms with E-state index in [1.807, 2.05) is 25.1 Å². The number of rotatable bonds is 19. The van der Waals surface area contributed by atoms with Gasteiger partial charge in [-0.3, -0.25) is 4.79 Å². The van der Waals surface area contributed by atoms with Crippen molar-refractivity contribution in [3.8, 4) is 5.75 Å². The molecule has 0 aliphatic rings. The summed E-state index contributed by atoms with van der Waals surface area (Å²) in [6, 6.07) is 18.6. The molecule has 0 aromatic heterocycles. The molecule has 2 unspecified atom stereocenters. The van der Waals surface area contributed by atoms with Crippen LogP contribution in [0.15, 0.2) is 54.6 Å². The summed E-state index contributed by atoms with van der Waals surface area (Å²) in [6.45, 7) is 7.75. The second kappa shape index (κ2) is 17.2. The van der Waals surface area contributed by atoms with Crippen LogP contribution in [0, 0.1) is 5.92 Å². The van der Waals surface area contributed by atoms with Gasteiger partial charge in [0, 0.05) is 12.5 Å². The van der Waals surface area contributed by atoms with E-state index in [1.165, 1.54) is 62.5 Å². The number of hydrogen-bond donors (Lipinski definition) is 0. The van der Waals surface area contributed by atoms with Crippen molar-refractivity contribution in [3.05, 3.63) is 65.7 Å². The highest BCUT2D eigenvalue weighted by Gasteiger charge is 2.29. The summed E-state index contributed by atoms with van der Waals surface area (Å²) in [5, 5.41) is 0. The second-order valence-corrected chi connectivity index (χ2v) is 11.2. The Bertz CT molecular complexity index is 880. The van der Waals surface area contributed by atoms with Crippen LogP contribution in [0.1, 0.15) is 96.1 Å². The Morgan fingerprint density at radius 2 is 1.41 bits per heavy atom. The summed E-state index contributed by atoms with van der Waals surface area (Å²) >= 11 is 0. The molecule has 0 saturated heterocycles. The number of unbranched alkanes of at least 4 members (excludes halogenated alkanes) is 8. The molecule has 0 spiro atoms. The molecule has 4 heteroatoms. The van der Waals surface area contributed by atoms with E-state index in [4.69, 9.17) is 9.47 Å². The van der Waals surface area contributed by atoms with Crippen LogP contribution in [-0.2, 0) is 22.5 Å². The van der Waals surface area contributed by atoms with E-state index in [0.29, 0.717) is 0 Å². The molecule has 0 radical (unpaired) electrons. The molecule has 4 nitrogen and oxygen atoms in total. The first kappa shape index (κ1) is 30.9. The van der Waals surface area contributed by atoms with Gasteiger partial charge in [0.15, 0.2) is 0 Å². The molecule has 2 atom stereocenters. The molecule has 0 N–H and O–H groups in total. The van der Waals surface area contributed by atoms with Gasteiger partial charge in [0.1, 0.15) is 18.2 Å². The summed E-state index contributed by atoms with van der Waals surface area (Å²) in [5.41, 5.74) is 2.47. The van der Waals surface area contributed by atoms with Crippen molar-refractivity contribution in [1.29, 1.82) is 0 Å². The topological polar surface area (TPSA) is 35.5 Å². The van der Waals surface area contributed by atoms with Crippen molar-refractivity contribution in [2.45, 2.75) is 104 Å². The lowest BCUT2D eigenvalue weighted by atomic mass is 10.0. The largest absolute Gasteiger partial charge is 0.455 e. The number of benzene rings is 2. The van der Waals surface area contributed by atoms with Gasteiger partial charge in [0.25, 0.3) is 0 Å². The molecule has 2 rings (SSSR count). The minimum Gasteiger partial charge on any atom is -0.455 e. The van der Waals surface area contributed by atoms with E-state index in [2.05, 4.69) is 64.3 Å². The Balaban J connectivity index is 1.79. The van der Waals surface area contributed by atoms with Crippen molar-refractivity contribution in [2.24, 2.45) is 5.92 Å². The third-order valence-electron chi connectivity index (χ3n) is 7.09. The molecular formula is C33H52NO3+. The van der Waals surface area contributed by atoms with Gasteiger partial charge in [0.05, 0.1) is 20.6 Å². The van der Waals surface area contributed by atoms with Gasteiger partial charge in [-0.05, 0) is 30.9 Å². The average molecular weight is 511 g/mol. The smallest absolute Gasteiger partial charge is 0.317 e. The SMILES string of the molecule is CCCCCCCCCCCc1ccccc1OC(C)OC(=O)C(CC)C[N+](C)(C)Cc1ccccc1. The number of carbonyl (C=O) groups excluding carboxylic acids is 1. The monoisotopic (exact) mass is 510 g/mol. The third kappa shape index (κ3) is 12.6. The molecule has 206 valence electrons. The zero-order valence-corrected chi connectivity index (χ0v) is 24.2. The van der Waals surface area contributed by atoms with E-state index in [-0.39, 0.29) is 11.9 Å². The predicted molar refractivity (Wildman–Crippen MR) is 154 cm³/mol. The number of ether oxygens (including phenoxy) is 2. The van der Waals surface area contributed by atoms with E-state index >= 15 is 0 Å². The minimum atomic E-state index is -0.615. The molecule has 0 fully saturated rings. The Morgan fingerprint density at radius 3 is 2.05 bits per heavy atom. The molecule has 0 heterocycles. The maximum atomic E-state index is 13.0. The molecule has 2 aromatic rings. The maximum absolute atomic E-state index is 13.0. The molecule has 0 aliphatic heterocycles. The highest BCUT2D eigenvalue weighted by atomic mass is 16.7. The van der Waals surface area contributed by atoms with Gasteiger partial charge < -0.3 is 14.0 Å². The fourth-order valence-corrected chi connectivity index (χ4v) is 5.02. The van der Waals surface area contributed by atoms with Crippen molar-refractivity contribution >= 4 is 5.97 Å². The molecule has 2 aromatic carbocycles. The summed E-state index contributed by atoms with van der Waals surface area (Å²) in [7, 11) is 4.34. The van der Waals surface area contributed by atoms with Crippen LogP contribution in [0.5, 0.6) is 5.75 Å². The van der Waals surface area contributed by atoms with Gasteiger partial charge in [-0.2, -0.15) is 0 Å². The van der Waals surface area contributed by atoms with Crippen LogP contribution >= 0.6 is 0 Å². The number of para-hydroxylation sites is 1. The van der Waals surface area contributed by atoms with Crippen LogP contribution in [0.4, 0.5) is 0 Å². The number of nitrogens with zero attached hydrogens (tertiary/aromatic N) is 1. The van der Waals surface area contributed by atoms with Crippen molar-refractivity contribution in [2.75, 3.05) is 20.6 Å². The fourth-order valence-electron chi connectivity index (χ4n) is 5.02. The van der Waals surface area contributed by atoms with E-state index in [9.17, 15) is 4.79 Å². The Labute approximate surface area is 227 Å². The zero-order valence-electron chi connectivity index (χ0n) is 24.2. The average Bonchev–Trinajstić information content (AvgIpc) is 2.87. The first-order valence-corrected chi connectivity index (χ1v) is 14.7. The summed E-state index contributed by atoms with van der Waals surface area (Å²) in [5.74, 6) is 0.489. The summed E-state index contributed by atoms with van der Waals surface area (Å²) < 4.78 is 12.6. The Hall–Kier alpha value is -2.33. The van der Waals surface area contributed by atoms with E-state index in [0.717, 1.165) is 42.6 Å².